The third-order valence-electron chi connectivity index (χ3n) is 10.5. The molecule has 38 heavy (non-hydrogen) atoms. The van der Waals surface area contributed by atoms with Crippen molar-refractivity contribution in [3.8, 4) is 0 Å². The lowest BCUT2D eigenvalue weighted by Crippen LogP contribution is -2.54. The van der Waals surface area contributed by atoms with Crippen molar-refractivity contribution in [2.75, 3.05) is 6.61 Å². The van der Waals surface area contributed by atoms with Crippen LogP contribution in [0.3, 0.4) is 0 Å². The second kappa shape index (κ2) is 10.9. The van der Waals surface area contributed by atoms with E-state index >= 15 is 0 Å². The summed E-state index contributed by atoms with van der Waals surface area (Å²) in [6.45, 7) is 8.55. The molecule has 0 aromatic carbocycles. The van der Waals surface area contributed by atoms with Crippen LogP contribution in [0.5, 0.6) is 0 Å². The predicted molar refractivity (Wildman–Crippen MR) is 143 cm³/mol. The van der Waals surface area contributed by atoms with E-state index in [2.05, 4.69) is 26.0 Å². The van der Waals surface area contributed by atoms with Gasteiger partial charge in [0.1, 0.15) is 6.10 Å². The Morgan fingerprint density at radius 2 is 1.82 bits per heavy atom. The van der Waals surface area contributed by atoms with Gasteiger partial charge in [0.15, 0.2) is 0 Å². The fraction of sp³-hybridized carbons (Fsp3) is 0.852. The first-order chi connectivity index (χ1) is 17.5. The van der Waals surface area contributed by atoms with E-state index in [0.29, 0.717) is 30.6 Å². The number of hydrogen-bond donors (Lipinski definition) is 3. The van der Waals surface area contributed by atoms with Crippen molar-refractivity contribution in [2.45, 2.75) is 97.7 Å². The van der Waals surface area contributed by atoms with Crippen molar-refractivity contribution in [3.63, 3.8) is 0 Å². The number of hydrogen-bond acceptors (Lipinski definition) is 7. The largest absolute Gasteiger partial charge is 0.397 e. The lowest BCUT2D eigenvalue weighted by atomic mass is 9.46. The minimum Gasteiger partial charge on any atom is -0.390 e. The smallest absolute Gasteiger partial charge is 0.390 e. The zero-order valence-corrected chi connectivity index (χ0v) is 24.5. The van der Waals surface area contributed by atoms with E-state index in [1.807, 2.05) is 13.8 Å². The molecule has 0 amide bonds. The van der Waals surface area contributed by atoms with E-state index < -0.39 is 33.0 Å². The average molecular weight is 577 g/mol. The molecule has 11 heteroatoms. The van der Waals surface area contributed by atoms with Crippen LogP contribution in [0, 0.1) is 40.4 Å². The van der Waals surface area contributed by atoms with Gasteiger partial charge in [-0.15, -0.1) is 0 Å². The van der Waals surface area contributed by atoms with Gasteiger partial charge >= 0.3 is 20.8 Å². The van der Waals surface area contributed by atoms with Crippen LogP contribution in [0.25, 0.3) is 0 Å². The summed E-state index contributed by atoms with van der Waals surface area (Å²) in [4.78, 5) is 0. The highest BCUT2D eigenvalue weighted by Gasteiger charge is 2.60. The molecule has 3 fully saturated rings. The Bertz CT molecular complexity index is 1160. The molecular weight excluding hydrogens is 532 g/mol. The summed E-state index contributed by atoms with van der Waals surface area (Å²) in [5, 5.41) is 10.6. The van der Waals surface area contributed by atoms with Crippen LogP contribution in [0.2, 0.25) is 0 Å². The fourth-order valence-corrected chi connectivity index (χ4v) is 9.75. The molecular formula is C27H44O9S2. The Morgan fingerprint density at radius 3 is 2.45 bits per heavy atom. The molecule has 3 saturated carbocycles. The molecule has 0 radical (unpaired) electrons. The molecule has 218 valence electrons. The van der Waals surface area contributed by atoms with Crippen LogP contribution in [-0.4, -0.2) is 49.9 Å². The molecule has 3 N–H and O–H groups in total. The maximum absolute atomic E-state index is 11.5. The molecule has 9 nitrogen and oxygen atoms in total. The SMILES string of the molecule is CC(C)=CCC[C@@H](COS(=O)(=O)O)[C@H]1CCC2C3CC=C4C[C@H](O)[C@@H](OS(=O)(=O)O)C[C@]4(C)C3CC[C@@]21C. The number of aliphatic hydroxyl groups is 1. The van der Waals surface area contributed by atoms with E-state index in [1.165, 1.54) is 5.57 Å². The topological polar surface area (TPSA) is 147 Å². The molecule has 0 bridgehead atoms. The predicted octanol–water partition coefficient (Wildman–Crippen LogP) is 4.91. The van der Waals surface area contributed by atoms with E-state index in [0.717, 1.165) is 50.5 Å². The van der Waals surface area contributed by atoms with Gasteiger partial charge < -0.3 is 5.11 Å². The van der Waals surface area contributed by atoms with E-state index in [4.69, 9.17) is 8.37 Å². The summed E-state index contributed by atoms with van der Waals surface area (Å²) >= 11 is 0. The van der Waals surface area contributed by atoms with Gasteiger partial charge in [0.2, 0.25) is 0 Å². The van der Waals surface area contributed by atoms with Gasteiger partial charge in [-0.1, -0.05) is 37.1 Å². The van der Waals surface area contributed by atoms with Crippen LogP contribution in [0.15, 0.2) is 23.3 Å². The van der Waals surface area contributed by atoms with Gasteiger partial charge in [-0.2, -0.15) is 16.8 Å². The van der Waals surface area contributed by atoms with Crippen molar-refractivity contribution in [1.29, 1.82) is 0 Å². The second-order valence-corrected chi connectivity index (χ2v) is 15.0. The zero-order chi connectivity index (χ0) is 28.1. The standard InChI is InChI=1S/C27H44O9S2/c1-17(2)6-5-7-18(16-35-37(29,30)31)21-10-11-22-20-9-8-19-14-24(28)25(36-38(32,33)34)15-27(19,4)23(20)12-13-26(21,22)3/h6,8,18,20-25,28H,5,7,9-16H2,1-4H3,(H,29,30,31)(H,32,33,34)/t18-,20?,21+,22?,23?,24-,25-,26+,27-/m0/s1. The van der Waals surface area contributed by atoms with Gasteiger partial charge in [-0.25, -0.2) is 8.37 Å². The number of allylic oxidation sites excluding steroid dienone is 3. The number of aliphatic hydroxyl groups excluding tert-OH is 1. The summed E-state index contributed by atoms with van der Waals surface area (Å²) in [5.41, 5.74) is 2.04. The molecule has 0 heterocycles. The molecule has 3 unspecified atom stereocenters. The Hall–Kier alpha value is -0.820. The van der Waals surface area contributed by atoms with Crippen LogP contribution in [0.1, 0.15) is 85.5 Å². The van der Waals surface area contributed by atoms with Gasteiger partial charge in [0.05, 0.1) is 12.7 Å². The molecule has 4 aliphatic rings. The maximum Gasteiger partial charge on any atom is 0.397 e. The van der Waals surface area contributed by atoms with Crippen molar-refractivity contribution >= 4 is 20.8 Å². The first kappa shape index (κ1) is 30.1. The number of rotatable bonds is 9. The van der Waals surface area contributed by atoms with E-state index in [1.54, 1.807) is 0 Å². The second-order valence-electron chi connectivity index (χ2n) is 12.9. The van der Waals surface area contributed by atoms with E-state index in [9.17, 15) is 31.0 Å². The molecule has 9 atom stereocenters. The highest BCUT2D eigenvalue weighted by molar-refractivity contribution is 7.81. The summed E-state index contributed by atoms with van der Waals surface area (Å²) in [5.74, 6) is 1.38. The van der Waals surface area contributed by atoms with Crippen LogP contribution < -0.4 is 0 Å². The minimum absolute atomic E-state index is 0.000389. The zero-order valence-electron chi connectivity index (χ0n) is 22.9. The molecule has 0 saturated heterocycles. The van der Waals surface area contributed by atoms with Gasteiger partial charge in [0.25, 0.3) is 0 Å². The molecule has 0 aromatic rings. The van der Waals surface area contributed by atoms with Gasteiger partial charge in [-0.05, 0) is 112 Å². The summed E-state index contributed by atoms with van der Waals surface area (Å²) in [6, 6.07) is 0. The monoisotopic (exact) mass is 576 g/mol. The average Bonchev–Trinajstić information content (AvgIpc) is 3.12. The molecule has 0 spiro atoms. The van der Waals surface area contributed by atoms with Gasteiger partial charge in [0, 0.05) is 0 Å². The van der Waals surface area contributed by atoms with Crippen molar-refractivity contribution in [1.82, 2.24) is 0 Å². The maximum atomic E-state index is 11.5. The van der Waals surface area contributed by atoms with Crippen LogP contribution in [-0.2, 0) is 29.2 Å². The number of fused-ring (bicyclic) bond motifs is 5. The molecule has 4 aliphatic carbocycles. The summed E-state index contributed by atoms with van der Waals surface area (Å²) in [6.07, 6.45) is 9.52. The Labute approximate surface area is 228 Å². The lowest BCUT2D eigenvalue weighted by molar-refractivity contribution is -0.0852. The highest BCUT2D eigenvalue weighted by Crippen LogP contribution is 2.67. The first-order valence-electron chi connectivity index (χ1n) is 13.8. The van der Waals surface area contributed by atoms with Crippen LogP contribution in [0.4, 0.5) is 0 Å². The summed E-state index contributed by atoms with van der Waals surface area (Å²) < 4.78 is 74.1. The highest BCUT2D eigenvalue weighted by atomic mass is 32.3. The molecule has 0 aromatic heterocycles. The molecule has 4 rings (SSSR count). The molecule has 0 aliphatic heterocycles. The normalized spacial score (nSPS) is 39.9. The minimum atomic E-state index is -4.68. The van der Waals surface area contributed by atoms with Crippen LogP contribution >= 0.6 is 0 Å². The Kier molecular flexibility index (Phi) is 8.62. The Balaban J connectivity index is 1.57. The van der Waals surface area contributed by atoms with Crippen molar-refractivity contribution < 1.29 is 39.4 Å². The van der Waals surface area contributed by atoms with Gasteiger partial charge in [-0.3, -0.25) is 9.11 Å². The third kappa shape index (κ3) is 6.24. The third-order valence-corrected chi connectivity index (χ3v) is 11.4. The summed E-state index contributed by atoms with van der Waals surface area (Å²) in [7, 11) is -9.20. The first-order valence-corrected chi connectivity index (χ1v) is 16.5. The van der Waals surface area contributed by atoms with Crippen molar-refractivity contribution in [2.24, 2.45) is 40.4 Å². The lowest BCUT2D eigenvalue weighted by Gasteiger charge is -2.59. The van der Waals surface area contributed by atoms with Crippen molar-refractivity contribution in [3.05, 3.63) is 23.3 Å². The fourth-order valence-electron chi connectivity index (χ4n) is 8.90. The quantitative estimate of drug-likeness (QED) is 0.257. The van der Waals surface area contributed by atoms with E-state index in [-0.39, 0.29) is 29.3 Å². The Morgan fingerprint density at radius 1 is 1.11 bits per heavy atom.